The van der Waals surface area contributed by atoms with Gasteiger partial charge >= 0.3 is 12.1 Å². The van der Waals surface area contributed by atoms with E-state index in [-0.39, 0.29) is 89.5 Å². The molecule has 22 heteroatoms. The average molecular weight is 1100 g/mol. The van der Waals surface area contributed by atoms with E-state index in [1.54, 1.807) is 44.2 Å². The zero-order chi connectivity index (χ0) is 56.7. The van der Waals surface area contributed by atoms with E-state index < -0.39 is 76.7 Å². The summed E-state index contributed by atoms with van der Waals surface area (Å²) < 4.78 is 38.9. The Morgan fingerprint density at radius 2 is 1.62 bits per heavy atom. The highest BCUT2D eigenvalue weighted by Crippen LogP contribution is 2.46. The molecule has 3 aromatic carbocycles. The van der Waals surface area contributed by atoms with E-state index in [0.717, 1.165) is 16.0 Å². The van der Waals surface area contributed by atoms with E-state index in [9.17, 15) is 43.5 Å². The first-order valence-corrected chi connectivity index (χ1v) is 26.8. The molecule has 7 N–H and O–H groups in total. The fourth-order valence-corrected chi connectivity index (χ4v) is 10.6. The molecule has 0 unspecified atom stereocenters. The summed E-state index contributed by atoms with van der Waals surface area (Å²) in [5.41, 5.74) is 8.92. The monoisotopic (exact) mass is 1100 g/mol. The van der Waals surface area contributed by atoms with Crippen molar-refractivity contribution in [3.63, 3.8) is 0 Å². The van der Waals surface area contributed by atoms with E-state index >= 15 is 4.39 Å². The van der Waals surface area contributed by atoms with Crippen LogP contribution in [-0.4, -0.2) is 113 Å². The fourth-order valence-electron chi connectivity index (χ4n) is 10.6. The number of cyclic esters (lactones) is 1. The number of rotatable bonds is 24. The first-order chi connectivity index (χ1) is 38.6. The molecule has 5 aromatic rings. The van der Waals surface area contributed by atoms with Crippen LogP contribution in [0.2, 0.25) is 0 Å². The highest BCUT2D eigenvalue weighted by atomic mass is 19.1. The summed E-state index contributed by atoms with van der Waals surface area (Å²) >= 11 is 0. The van der Waals surface area contributed by atoms with Crippen molar-refractivity contribution in [3.8, 4) is 11.4 Å². The number of nitrogens with two attached hydrogens (primary N) is 1. The molecule has 0 radical (unpaired) electrons. The number of hydrogen-bond donors (Lipinski definition) is 6. The minimum atomic E-state index is -2.04. The lowest BCUT2D eigenvalue weighted by molar-refractivity contribution is -0.172. The highest BCUT2D eigenvalue weighted by molar-refractivity contribution is 6.12. The second-order valence-electron chi connectivity index (χ2n) is 20.1. The topological polar surface area (TPSA) is 289 Å². The molecule has 6 amide bonds. The number of fused-ring (bicyclic) bond motifs is 5. The molecule has 0 bridgehead atoms. The predicted octanol–water partition coefficient (Wildman–Crippen LogP) is 4.07. The summed E-state index contributed by atoms with van der Waals surface area (Å²) in [4.78, 5) is 111. The Morgan fingerprint density at radius 3 is 2.35 bits per heavy atom. The normalized spacial score (nSPS) is 17.5. The van der Waals surface area contributed by atoms with Gasteiger partial charge in [0.05, 0.1) is 68.0 Å². The van der Waals surface area contributed by atoms with Gasteiger partial charge in [0.15, 0.2) is 5.60 Å². The van der Waals surface area contributed by atoms with Gasteiger partial charge in [0.25, 0.3) is 17.4 Å². The zero-order valence-corrected chi connectivity index (χ0v) is 44.4. The Balaban J connectivity index is 0.813. The number of esters is 1. The van der Waals surface area contributed by atoms with Crippen molar-refractivity contribution in [1.29, 1.82) is 0 Å². The molecule has 420 valence electrons. The van der Waals surface area contributed by atoms with Crippen LogP contribution in [0.25, 0.3) is 22.3 Å². The van der Waals surface area contributed by atoms with Crippen molar-refractivity contribution in [1.82, 2.24) is 30.4 Å². The number of nitrogens with one attached hydrogen (secondary N) is 4. The molecule has 5 heterocycles. The number of carbonyl (C=O) groups is 7. The molecule has 0 spiro atoms. The number of amides is 6. The van der Waals surface area contributed by atoms with Crippen LogP contribution >= 0.6 is 0 Å². The third kappa shape index (κ3) is 12.2. The smallest absolute Gasteiger partial charge is 0.407 e. The lowest BCUT2D eigenvalue weighted by atomic mass is 9.81. The molecule has 0 saturated heterocycles. The number of aromatic nitrogens is 2. The molecule has 0 fully saturated rings. The largest absolute Gasteiger partial charge is 0.458 e. The third-order valence-corrected chi connectivity index (χ3v) is 15.0. The Morgan fingerprint density at radius 1 is 0.887 bits per heavy atom. The SMILES string of the molecule is CC[C@@]1(O)C(=O)OCc2c1cc1n(c2=O)Cc2c-1nc1cc(F)c(C)c3c1c2[C@@H](NC(=O)OCc1ccc(NC(=O)[C@H](CCCCN)NC(=O)[C@H](Cc2ccccc2)NC(=O)CCOCCOCCN2C(=O)C=CC2=O)cc1)CC3. The molecular weight excluding hydrogens is 1040 g/mol. The van der Waals surface area contributed by atoms with Crippen molar-refractivity contribution in [2.45, 2.75) is 109 Å². The van der Waals surface area contributed by atoms with Crippen LogP contribution in [0.3, 0.4) is 0 Å². The number of anilines is 1. The quantitative estimate of drug-likeness (QED) is 0.0283. The van der Waals surface area contributed by atoms with Crippen molar-refractivity contribution in [2.75, 3.05) is 44.8 Å². The maximum atomic E-state index is 15.5. The molecule has 2 aromatic heterocycles. The number of aryl methyl sites for hydroxylation is 1. The van der Waals surface area contributed by atoms with Crippen LogP contribution in [0.4, 0.5) is 14.9 Å². The number of nitrogens with zero attached hydrogens (tertiary/aromatic N) is 3. The van der Waals surface area contributed by atoms with Gasteiger partial charge in [-0.15, -0.1) is 0 Å². The van der Waals surface area contributed by atoms with Gasteiger partial charge in [0.2, 0.25) is 17.7 Å². The van der Waals surface area contributed by atoms with Gasteiger partial charge in [-0.3, -0.25) is 33.7 Å². The summed E-state index contributed by atoms with van der Waals surface area (Å²) in [6, 6.07) is 16.0. The van der Waals surface area contributed by atoms with Crippen LogP contribution in [0.1, 0.15) is 96.0 Å². The Bertz CT molecular complexity index is 3310. The van der Waals surface area contributed by atoms with Gasteiger partial charge in [-0.25, -0.2) is 19.0 Å². The first kappa shape index (κ1) is 56.5. The lowest BCUT2D eigenvalue weighted by Crippen LogP contribution is -2.53. The summed E-state index contributed by atoms with van der Waals surface area (Å²) in [5, 5.41) is 23.6. The molecule has 0 saturated carbocycles. The number of pyridine rings is 2. The van der Waals surface area contributed by atoms with Gasteiger partial charge in [-0.2, -0.15) is 0 Å². The van der Waals surface area contributed by atoms with Gasteiger partial charge in [-0.1, -0.05) is 49.4 Å². The second-order valence-corrected chi connectivity index (χ2v) is 20.1. The van der Waals surface area contributed by atoms with Crippen LogP contribution in [-0.2, 0) is 85.9 Å². The van der Waals surface area contributed by atoms with E-state index in [2.05, 4.69) is 21.3 Å². The summed E-state index contributed by atoms with van der Waals surface area (Å²) in [6.07, 6.45) is 3.86. The Kier molecular flexibility index (Phi) is 17.6. The second kappa shape index (κ2) is 24.9. The molecule has 1 aliphatic carbocycles. The minimum Gasteiger partial charge on any atom is -0.458 e. The van der Waals surface area contributed by atoms with E-state index in [1.807, 2.05) is 30.3 Å². The van der Waals surface area contributed by atoms with Crippen LogP contribution in [0.5, 0.6) is 0 Å². The van der Waals surface area contributed by atoms with Gasteiger partial charge in [0.1, 0.15) is 31.1 Å². The van der Waals surface area contributed by atoms with Gasteiger partial charge in [0, 0.05) is 53.3 Å². The van der Waals surface area contributed by atoms with Gasteiger partial charge in [-0.05, 0) is 98.0 Å². The maximum absolute atomic E-state index is 15.5. The summed E-state index contributed by atoms with van der Waals surface area (Å²) in [5.74, 6) is -3.62. The van der Waals surface area contributed by atoms with Crippen molar-refractivity contribution in [2.24, 2.45) is 5.73 Å². The van der Waals surface area contributed by atoms with E-state index in [4.69, 9.17) is 29.7 Å². The number of unbranched alkanes of at least 4 members (excludes halogenated alkanes) is 1. The van der Waals surface area contributed by atoms with Crippen LogP contribution in [0.15, 0.2) is 83.7 Å². The van der Waals surface area contributed by atoms with Crippen molar-refractivity contribution in [3.05, 3.63) is 140 Å². The number of benzene rings is 3. The molecule has 9 rings (SSSR count). The van der Waals surface area contributed by atoms with Crippen molar-refractivity contribution < 1.29 is 62.0 Å². The molecule has 4 aliphatic rings. The molecule has 80 heavy (non-hydrogen) atoms. The standard InChI is InChI=1S/C58H63FN8O13/c1-3-58(76)40-28-46-52-38(30-67(46)55(73)39(40)32-79-56(58)74)51-42(17-16-37-33(2)41(59)29-44(63-52)50(37)51)65-57(75)80-31-35-12-14-36(15-13-35)61-53(71)43(11-7-8-21-60)64-54(72)45(27-34-9-5-4-6-10-34)62-47(68)20-23-77-25-26-78-24-22-66-48(69)18-19-49(66)70/h4-6,9-10,12-15,18-19,28-29,42-43,45,76H,3,7-8,11,16-17,20-27,30-32,60H2,1-2H3,(H,61,71)(H,62,68)(H,64,72)(H,65,75)/t42-,43-,45-,58-/m0/s1. The van der Waals surface area contributed by atoms with Crippen LogP contribution in [0, 0.1) is 12.7 Å². The van der Waals surface area contributed by atoms with Crippen molar-refractivity contribution >= 4 is 58.2 Å². The van der Waals surface area contributed by atoms with Gasteiger partial charge < -0.3 is 55.6 Å². The van der Waals surface area contributed by atoms with E-state index in [0.29, 0.717) is 82.5 Å². The minimum absolute atomic E-state index is 0.0280. The molecule has 3 aliphatic heterocycles. The maximum Gasteiger partial charge on any atom is 0.407 e. The number of imide groups is 1. The summed E-state index contributed by atoms with van der Waals surface area (Å²) in [7, 11) is 0. The molecular formula is C58H63FN8O13. The molecule has 4 atom stereocenters. The number of hydrogen-bond acceptors (Lipinski definition) is 15. The number of halogens is 1. The Labute approximate surface area is 459 Å². The zero-order valence-electron chi connectivity index (χ0n) is 44.4. The number of ether oxygens (including phenoxy) is 4. The number of aliphatic hydroxyl groups is 1. The number of alkyl carbamates (subject to hydrolysis) is 1. The highest BCUT2D eigenvalue weighted by Gasteiger charge is 2.46. The summed E-state index contributed by atoms with van der Waals surface area (Å²) in [6.45, 7) is 3.88. The van der Waals surface area contributed by atoms with E-state index in [1.165, 1.54) is 22.8 Å². The fraction of sp³-hybridized carbons (Fsp3) is 0.397. The van der Waals surface area contributed by atoms with Crippen LogP contribution < -0.4 is 32.6 Å². The Hall–Kier alpha value is -8.18. The third-order valence-electron chi connectivity index (χ3n) is 15.0. The molecule has 21 nitrogen and oxygen atoms in total. The lowest BCUT2D eigenvalue weighted by Gasteiger charge is -2.31. The number of carbonyl (C=O) groups excluding carboxylic acids is 7. The first-order valence-electron chi connectivity index (χ1n) is 26.8. The average Bonchev–Trinajstić information content (AvgIpc) is 4.00. The predicted molar refractivity (Wildman–Crippen MR) is 288 cm³/mol.